The van der Waals surface area contributed by atoms with Gasteiger partial charge in [-0.1, -0.05) is 53.0 Å². The van der Waals surface area contributed by atoms with Crippen molar-refractivity contribution < 1.29 is 9.90 Å². The Kier molecular flexibility index (Phi) is 5.04. The van der Waals surface area contributed by atoms with Crippen LogP contribution in [0.15, 0.2) is 42.5 Å². The van der Waals surface area contributed by atoms with E-state index in [1.807, 2.05) is 12.1 Å². The van der Waals surface area contributed by atoms with Crippen LogP contribution in [0.4, 0.5) is 0 Å². The van der Waals surface area contributed by atoms with Crippen LogP contribution in [0, 0.1) is 6.92 Å². The Hall–Kier alpha value is -2.01. The first-order chi connectivity index (χ1) is 11.9. The summed E-state index contributed by atoms with van der Waals surface area (Å²) in [7, 11) is 0. The Morgan fingerprint density at radius 3 is 2.32 bits per heavy atom. The molecule has 0 unspecified atom stereocenters. The largest absolute Gasteiger partial charge is 0.476 e. The summed E-state index contributed by atoms with van der Waals surface area (Å²) in [6.45, 7) is 2.06. The summed E-state index contributed by atoms with van der Waals surface area (Å²) in [6, 6.07) is 12.4. The number of carbonyl (C=O) groups is 1. The minimum absolute atomic E-state index is 0.00929. The Labute approximate surface area is 159 Å². The molecule has 0 amide bonds. The lowest BCUT2D eigenvalue weighted by Gasteiger charge is -2.10. The zero-order chi connectivity index (χ0) is 18.1. The maximum absolute atomic E-state index is 11.5. The number of rotatable bonds is 4. The van der Waals surface area contributed by atoms with Crippen LogP contribution in [0.25, 0.3) is 11.3 Å². The summed E-state index contributed by atoms with van der Waals surface area (Å²) in [5.74, 6) is -1.08. The van der Waals surface area contributed by atoms with E-state index in [4.69, 9.17) is 34.8 Å². The van der Waals surface area contributed by atoms with E-state index < -0.39 is 5.97 Å². The topological polar surface area (TPSA) is 55.1 Å². The van der Waals surface area contributed by atoms with E-state index in [-0.39, 0.29) is 5.69 Å². The zero-order valence-corrected chi connectivity index (χ0v) is 15.4. The van der Waals surface area contributed by atoms with E-state index in [0.717, 1.165) is 11.1 Å². The summed E-state index contributed by atoms with van der Waals surface area (Å²) in [5.41, 5.74) is 2.92. The second-order valence-corrected chi connectivity index (χ2v) is 6.81. The van der Waals surface area contributed by atoms with Gasteiger partial charge in [-0.25, -0.2) is 4.79 Å². The van der Waals surface area contributed by atoms with Gasteiger partial charge in [0.15, 0.2) is 5.69 Å². The normalized spacial score (nSPS) is 10.9. The Balaban J connectivity index is 2.13. The molecule has 0 aliphatic rings. The maximum atomic E-state index is 11.5. The molecule has 7 heteroatoms. The lowest BCUT2D eigenvalue weighted by atomic mass is 10.1. The summed E-state index contributed by atoms with van der Waals surface area (Å²) in [5, 5.41) is 15.3. The fourth-order valence-corrected chi connectivity index (χ4v) is 3.25. The van der Waals surface area contributed by atoms with Crippen molar-refractivity contribution in [3.05, 3.63) is 74.4 Å². The predicted octanol–water partition coefficient (Wildman–Crippen LogP) is 5.57. The van der Waals surface area contributed by atoms with E-state index in [0.29, 0.717) is 32.9 Å². The van der Waals surface area contributed by atoms with Gasteiger partial charge in [-0.3, -0.25) is 4.68 Å². The number of halogens is 3. The number of nitrogens with zero attached hydrogens (tertiary/aromatic N) is 2. The summed E-state index contributed by atoms with van der Waals surface area (Å²) < 4.78 is 1.64. The highest BCUT2D eigenvalue weighted by Crippen LogP contribution is 2.29. The molecule has 1 aromatic heterocycles. The van der Waals surface area contributed by atoms with Gasteiger partial charge in [0.1, 0.15) is 0 Å². The molecular weight excluding hydrogens is 383 g/mol. The first-order valence-corrected chi connectivity index (χ1v) is 8.50. The molecule has 0 fully saturated rings. The zero-order valence-electron chi connectivity index (χ0n) is 13.1. The van der Waals surface area contributed by atoms with Gasteiger partial charge in [0.25, 0.3) is 0 Å². The van der Waals surface area contributed by atoms with Gasteiger partial charge < -0.3 is 5.11 Å². The van der Waals surface area contributed by atoms with E-state index >= 15 is 0 Å². The van der Waals surface area contributed by atoms with Gasteiger partial charge in [-0.2, -0.15) is 5.10 Å². The summed E-state index contributed by atoms with van der Waals surface area (Å²) in [4.78, 5) is 11.5. The van der Waals surface area contributed by atoms with Gasteiger partial charge in [0, 0.05) is 26.2 Å². The van der Waals surface area contributed by atoms with Crippen LogP contribution in [0.3, 0.4) is 0 Å². The van der Waals surface area contributed by atoms with E-state index in [1.54, 1.807) is 41.9 Å². The molecule has 0 radical (unpaired) electrons. The Bertz CT molecular complexity index is 950. The van der Waals surface area contributed by atoms with Crippen molar-refractivity contribution in [2.75, 3.05) is 0 Å². The maximum Gasteiger partial charge on any atom is 0.356 e. The highest BCUT2D eigenvalue weighted by atomic mass is 35.5. The molecule has 0 saturated carbocycles. The van der Waals surface area contributed by atoms with E-state index in [9.17, 15) is 9.90 Å². The minimum atomic E-state index is -1.08. The molecule has 0 aliphatic carbocycles. The molecule has 0 saturated heterocycles. The van der Waals surface area contributed by atoms with Crippen LogP contribution in [0.1, 0.15) is 21.6 Å². The van der Waals surface area contributed by atoms with Crippen molar-refractivity contribution >= 4 is 40.8 Å². The average molecular weight is 396 g/mol. The minimum Gasteiger partial charge on any atom is -0.476 e. The Morgan fingerprint density at radius 1 is 1.08 bits per heavy atom. The van der Waals surface area contributed by atoms with Gasteiger partial charge >= 0.3 is 5.97 Å². The molecule has 0 bridgehead atoms. The van der Waals surface area contributed by atoms with Gasteiger partial charge in [-0.05, 0) is 36.8 Å². The molecule has 128 valence electrons. The van der Waals surface area contributed by atoms with Gasteiger partial charge in [0.05, 0.1) is 12.2 Å². The molecule has 1 N–H and O–H groups in total. The SMILES string of the molecule is Cc1c(C(=O)O)nn(Cc2ccc(Cl)cc2Cl)c1-c1ccc(Cl)cc1. The van der Waals surface area contributed by atoms with Crippen LogP contribution in [-0.2, 0) is 6.54 Å². The van der Waals surface area contributed by atoms with E-state index in [2.05, 4.69) is 5.10 Å². The lowest BCUT2D eigenvalue weighted by Crippen LogP contribution is -2.06. The molecule has 25 heavy (non-hydrogen) atoms. The molecular formula is C18H13Cl3N2O2. The number of hydrogen-bond donors (Lipinski definition) is 1. The first-order valence-electron chi connectivity index (χ1n) is 7.37. The fraction of sp³-hybridized carbons (Fsp3) is 0.111. The predicted molar refractivity (Wildman–Crippen MR) is 99.9 cm³/mol. The van der Waals surface area contributed by atoms with Crippen LogP contribution < -0.4 is 0 Å². The molecule has 2 aromatic carbocycles. The number of carboxylic acid groups (broad SMARTS) is 1. The molecule has 3 rings (SSSR count). The fourth-order valence-electron chi connectivity index (χ4n) is 2.65. The van der Waals surface area contributed by atoms with Crippen LogP contribution in [-0.4, -0.2) is 20.9 Å². The molecule has 4 nitrogen and oxygen atoms in total. The number of hydrogen-bond acceptors (Lipinski definition) is 2. The van der Waals surface area contributed by atoms with Crippen molar-refractivity contribution in [1.29, 1.82) is 0 Å². The van der Waals surface area contributed by atoms with Gasteiger partial charge in [0.2, 0.25) is 0 Å². The van der Waals surface area contributed by atoms with Crippen molar-refractivity contribution in [2.45, 2.75) is 13.5 Å². The monoisotopic (exact) mass is 394 g/mol. The number of carboxylic acids is 1. The van der Waals surface area contributed by atoms with Crippen LogP contribution >= 0.6 is 34.8 Å². The van der Waals surface area contributed by atoms with Crippen LogP contribution in [0.2, 0.25) is 15.1 Å². The third-order valence-electron chi connectivity index (χ3n) is 3.84. The van der Waals surface area contributed by atoms with E-state index in [1.165, 1.54) is 0 Å². The van der Waals surface area contributed by atoms with Crippen LogP contribution in [0.5, 0.6) is 0 Å². The third kappa shape index (κ3) is 3.66. The van der Waals surface area contributed by atoms with Crippen molar-refractivity contribution in [3.8, 4) is 11.3 Å². The quantitative estimate of drug-likeness (QED) is 0.628. The highest BCUT2D eigenvalue weighted by molar-refractivity contribution is 6.35. The molecule has 0 aliphatic heterocycles. The number of aromatic nitrogens is 2. The standard InChI is InChI=1S/C18H13Cl3N2O2/c1-10-16(18(24)25)22-23(9-12-4-7-14(20)8-15(12)21)17(10)11-2-5-13(19)6-3-11/h2-8H,9H2,1H3,(H,24,25). The third-order valence-corrected chi connectivity index (χ3v) is 4.68. The highest BCUT2D eigenvalue weighted by Gasteiger charge is 2.21. The first kappa shape index (κ1) is 17.8. The molecule has 0 spiro atoms. The smallest absolute Gasteiger partial charge is 0.356 e. The molecule has 1 heterocycles. The Morgan fingerprint density at radius 2 is 1.72 bits per heavy atom. The summed E-state index contributed by atoms with van der Waals surface area (Å²) in [6.07, 6.45) is 0. The van der Waals surface area contributed by atoms with Gasteiger partial charge in [-0.15, -0.1) is 0 Å². The average Bonchev–Trinajstić information content (AvgIpc) is 2.88. The van der Waals surface area contributed by atoms with Crippen molar-refractivity contribution in [1.82, 2.24) is 9.78 Å². The van der Waals surface area contributed by atoms with Crippen molar-refractivity contribution in [3.63, 3.8) is 0 Å². The number of benzene rings is 2. The summed E-state index contributed by atoms with van der Waals surface area (Å²) >= 11 is 18.1. The molecule has 0 atom stereocenters. The van der Waals surface area contributed by atoms with Crippen molar-refractivity contribution in [2.24, 2.45) is 0 Å². The number of aromatic carboxylic acids is 1. The second kappa shape index (κ2) is 7.08. The molecule has 3 aromatic rings. The second-order valence-electron chi connectivity index (χ2n) is 5.53. The lowest BCUT2D eigenvalue weighted by molar-refractivity contribution is 0.0688.